The van der Waals surface area contributed by atoms with E-state index in [2.05, 4.69) is 22.2 Å². The fraction of sp³-hybridized carbons (Fsp3) is 0.611. The number of likely N-dealkylation sites (N-methyl/N-ethyl adjacent to an activating group) is 2. The van der Waals surface area contributed by atoms with Crippen molar-refractivity contribution in [1.29, 1.82) is 0 Å². The highest BCUT2D eigenvalue weighted by molar-refractivity contribution is 5.81. The molecule has 29 heavy (non-hydrogen) atoms. The highest BCUT2D eigenvalue weighted by Crippen LogP contribution is 2.18. The molecule has 162 valence electrons. The number of hydrogen-bond donors (Lipinski definition) is 3. The lowest BCUT2D eigenvalue weighted by Gasteiger charge is -2.31. The zero-order valence-electron chi connectivity index (χ0n) is 16.8. The molecule has 2 heterocycles. The molecule has 11 heteroatoms. The first-order chi connectivity index (χ1) is 13.8. The first-order valence-electron chi connectivity index (χ1n) is 9.48. The van der Waals surface area contributed by atoms with Crippen LogP contribution in [0, 0.1) is 0 Å². The van der Waals surface area contributed by atoms with Crippen molar-refractivity contribution >= 4 is 17.8 Å². The normalized spacial score (nSPS) is 15.1. The highest BCUT2D eigenvalue weighted by Gasteiger charge is 2.18. The van der Waals surface area contributed by atoms with Gasteiger partial charge in [0.1, 0.15) is 0 Å². The van der Waals surface area contributed by atoms with Gasteiger partial charge < -0.3 is 30.2 Å². The van der Waals surface area contributed by atoms with Gasteiger partial charge in [-0.2, -0.15) is 0 Å². The Kier molecular flexibility index (Phi) is 8.28. The van der Waals surface area contributed by atoms with Crippen LogP contribution in [0.4, 0.5) is 0 Å². The third kappa shape index (κ3) is 7.27. The van der Waals surface area contributed by atoms with Gasteiger partial charge in [0, 0.05) is 64.9 Å². The number of carbonyl (C=O) groups excluding carboxylic acids is 3. The molecule has 0 saturated carbocycles. The number of carbonyl (C=O) groups is 3. The number of nitrogens with one attached hydrogen (secondary N) is 1. The molecule has 1 saturated heterocycles. The molecule has 0 bridgehead atoms. The Hall–Kier alpha value is -2.79. The molecule has 1 fully saturated rings. The molecule has 1 aromatic heterocycles. The third-order valence-corrected chi connectivity index (χ3v) is 4.69. The molecular weight excluding hydrogens is 390 g/mol. The van der Waals surface area contributed by atoms with E-state index in [0.717, 1.165) is 26.2 Å². The van der Waals surface area contributed by atoms with E-state index in [0.29, 0.717) is 24.4 Å². The zero-order chi connectivity index (χ0) is 21.4. The predicted octanol–water partition coefficient (Wildman–Crippen LogP) is -1.54. The van der Waals surface area contributed by atoms with Crippen molar-refractivity contribution in [3.8, 4) is 11.8 Å². The third-order valence-electron chi connectivity index (χ3n) is 4.69. The molecule has 0 atom stereocenters. The number of amides is 2. The predicted molar refractivity (Wildman–Crippen MR) is 103 cm³/mol. The van der Waals surface area contributed by atoms with Crippen molar-refractivity contribution in [3.63, 3.8) is 0 Å². The van der Waals surface area contributed by atoms with Crippen LogP contribution in [-0.4, -0.2) is 107 Å². The summed E-state index contributed by atoms with van der Waals surface area (Å²) in [6.45, 7) is 4.59. The molecule has 3 N–H and O–H groups in total. The Labute approximate surface area is 169 Å². The SMILES string of the molecule is CN(CCNC(=O)[13CH2][15N]1[13CH2][13CH2][15N]([13CH3])[13CH2][13CH2]1)C(=O)CCC(=O)On1c(O)ccc1O. The first-order valence-corrected chi connectivity index (χ1v) is 9.48. The summed E-state index contributed by atoms with van der Waals surface area (Å²) >= 11 is 0. The summed E-state index contributed by atoms with van der Waals surface area (Å²) in [5.74, 6) is -1.98. The Morgan fingerprint density at radius 2 is 1.72 bits per heavy atom. The van der Waals surface area contributed by atoms with Crippen LogP contribution < -0.4 is 10.2 Å². The van der Waals surface area contributed by atoms with Gasteiger partial charge >= 0.3 is 5.97 Å². The van der Waals surface area contributed by atoms with Crippen LogP contribution in [0.5, 0.6) is 11.8 Å². The van der Waals surface area contributed by atoms with Crippen LogP contribution in [0.3, 0.4) is 0 Å². The zero-order valence-corrected chi connectivity index (χ0v) is 16.8. The Morgan fingerprint density at radius 3 is 2.34 bits per heavy atom. The van der Waals surface area contributed by atoms with Gasteiger partial charge in [0.2, 0.25) is 23.6 Å². The standard InChI is InChI=1S/C18H29N5O6/c1-20-9-11-22(12-10-20)13-14(24)19-7-8-21(2)15(25)5-6-18(28)29-23-16(26)3-4-17(23)27/h3-4,26-27H,5-13H2,1-2H3,(H,19,24)/i1+1,9+1,10+1,11+1,12+1,13+1,20+1,22+1. The van der Waals surface area contributed by atoms with Crippen molar-refractivity contribution < 1.29 is 29.4 Å². The van der Waals surface area contributed by atoms with E-state index < -0.39 is 17.7 Å². The van der Waals surface area contributed by atoms with Gasteiger partial charge in [-0.15, -0.1) is 4.73 Å². The summed E-state index contributed by atoms with van der Waals surface area (Å²) in [7, 11) is 3.64. The van der Waals surface area contributed by atoms with E-state index in [4.69, 9.17) is 4.84 Å². The quantitative estimate of drug-likeness (QED) is 0.325. The van der Waals surface area contributed by atoms with Crippen LogP contribution in [0.25, 0.3) is 0 Å². The lowest BCUT2D eigenvalue weighted by Crippen LogP contribution is -2.48. The minimum Gasteiger partial charge on any atom is -0.492 e. The molecule has 1 aliphatic heterocycles. The largest absolute Gasteiger partial charge is 0.492 e. The van der Waals surface area contributed by atoms with Crippen LogP contribution >= 0.6 is 0 Å². The van der Waals surface area contributed by atoms with Crippen molar-refractivity contribution in [2.45, 2.75) is 12.8 Å². The Morgan fingerprint density at radius 1 is 1.10 bits per heavy atom. The maximum Gasteiger partial charge on any atom is 0.333 e. The van der Waals surface area contributed by atoms with Crippen LogP contribution in [0.1, 0.15) is 12.8 Å². The molecule has 0 radical (unpaired) electrons. The molecule has 1 aliphatic rings. The number of aromatic hydroxyl groups is 2. The molecule has 0 spiro atoms. The Balaban J connectivity index is 1.60. The molecule has 0 aromatic carbocycles. The van der Waals surface area contributed by atoms with Crippen molar-refractivity contribution in [2.24, 2.45) is 0 Å². The van der Waals surface area contributed by atoms with E-state index >= 15 is 0 Å². The first kappa shape index (κ1) is 22.5. The summed E-state index contributed by atoms with van der Waals surface area (Å²) in [5, 5.41) is 21.6. The summed E-state index contributed by atoms with van der Waals surface area (Å²) in [5.41, 5.74) is 0. The monoisotopic (exact) mass is 419 g/mol. The lowest BCUT2D eigenvalue weighted by molar-refractivity contribution is -0.147. The van der Waals surface area contributed by atoms with Gasteiger partial charge in [0.15, 0.2) is 0 Å². The van der Waals surface area contributed by atoms with Gasteiger partial charge in [0.05, 0.1) is 13.0 Å². The number of hydrogen-bond acceptors (Lipinski definition) is 8. The molecule has 1 aromatic rings. The maximum atomic E-state index is 12.1. The summed E-state index contributed by atoms with van der Waals surface area (Å²) in [6, 6.07) is 2.33. The van der Waals surface area contributed by atoms with E-state index in [9.17, 15) is 24.6 Å². The van der Waals surface area contributed by atoms with Crippen LogP contribution in [0.15, 0.2) is 12.1 Å². The van der Waals surface area contributed by atoms with E-state index in [-0.39, 0.29) is 24.7 Å². The topological polar surface area (TPSA) is 128 Å². The molecular formula is C18H29N5O6. The van der Waals surface area contributed by atoms with E-state index in [1.54, 1.807) is 7.05 Å². The average molecular weight is 419 g/mol. The fourth-order valence-corrected chi connectivity index (χ4v) is 2.80. The number of aromatic nitrogens is 1. The van der Waals surface area contributed by atoms with E-state index in [1.807, 2.05) is 0 Å². The van der Waals surface area contributed by atoms with Crippen LogP contribution in [-0.2, 0) is 14.4 Å². The lowest BCUT2D eigenvalue weighted by atomic mass is 10.3. The summed E-state index contributed by atoms with van der Waals surface area (Å²) < 4.78 is 0.576. The van der Waals surface area contributed by atoms with Gasteiger partial charge in [-0.3, -0.25) is 14.5 Å². The van der Waals surface area contributed by atoms with E-state index in [1.165, 1.54) is 17.0 Å². The van der Waals surface area contributed by atoms with Gasteiger partial charge in [-0.1, -0.05) is 0 Å². The van der Waals surface area contributed by atoms with Gasteiger partial charge in [0.25, 0.3) is 0 Å². The minimum atomic E-state index is -0.769. The maximum absolute atomic E-state index is 12.1. The number of nitrogens with zero attached hydrogens (tertiary/aromatic N) is 4. The highest BCUT2D eigenvalue weighted by atomic mass is 16.7. The summed E-state index contributed by atoms with van der Waals surface area (Å²) in [4.78, 5) is 46.4. The number of piperazine rings is 1. The van der Waals surface area contributed by atoms with Crippen LogP contribution in [0.2, 0.25) is 0 Å². The second-order valence-electron chi connectivity index (χ2n) is 7.05. The molecule has 11 nitrogen and oxygen atoms in total. The Bertz CT molecular complexity index is 694. The van der Waals surface area contributed by atoms with Crippen molar-refractivity contribution in [2.75, 3.05) is 59.9 Å². The number of rotatable bonds is 9. The minimum absolute atomic E-state index is 0.0784. The molecule has 0 aliphatic carbocycles. The molecule has 2 amide bonds. The second-order valence-corrected chi connectivity index (χ2v) is 7.05. The molecule has 0 unspecified atom stereocenters. The average Bonchev–Trinajstić information content (AvgIpc) is 2.99. The smallest absolute Gasteiger partial charge is 0.333 e. The van der Waals surface area contributed by atoms with Crippen molar-refractivity contribution in [3.05, 3.63) is 12.1 Å². The van der Waals surface area contributed by atoms with Gasteiger partial charge in [-0.05, 0) is 7.05 Å². The van der Waals surface area contributed by atoms with Crippen molar-refractivity contribution in [1.82, 2.24) is 24.7 Å². The summed E-state index contributed by atoms with van der Waals surface area (Å²) in [6.07, 6.45) is -0.302. The molecule has 2 rings (SSSR count). The fourth-order valence-electron chi connectivity index (χ4n) is 2.80. The second kappa shape index (κ2) is 10.7. The van der Waals surface area contributed by atoms with Gasteiger partial charge in [-0.25, -0.2) is 4.79 Å².